The molecule has 2 aromatic heterocycles. The van der Waals surface area contributed by atoms with Gasteiger partial charge in [-0.2, -0.15) is 5.10 Å². The first-order valence-corrected chi connectivity index (χ1v) is 8.10. The summed E-state index contributed by atoms with van der Waals surface area (Å²) in [5.41, 5.74) is 0.931. The molecule has 1 aliphatic carbocycles. The van der Waals surface area contributed by atoms with E-state index in [0.29, 0.717) is 31.7 Å². The van der Waals surface area contributed by atoms with E-state index in [4.69, 9.17) is 4.74 Å². The van der Waals surface area contributed by atoms with E-state index in [0.717, 1.165) is 5.56 Å². The Morgan fingerprint density at radius 1 is 1.50 bits per heavy atom. The molecule has 7 heteroatoms. The van der Waals surface area contributed by atoms with Crippen molar-refractivity contribution in [1.82, 2.24) is 20.1 Å². The summed E-state index contributed by atoms with van der Waals surface area (Å²) in [6.45, 7) is 0.541. The number of methoxy groups -OCH3 is 1. The van der Waals surface area contributed by atoms with Gasteiger partial charge in [0.15, 0.2) is 0 Å². The quantitative estimate of drug-likeness (QED) is 0.799. The summed E-state index contributed by atoms with van der Waals surface area (Å²) in [5, 5.41) is 16.8. The summed E-state index contributed by atoms with van der Waals surface area (Å²) >= 11 is 0. The van der Waals surface area contributed by atoms with Crippen molar-refractivity contribution in [1.29, 1.82) is 0 Å². The minimum atomic E-state index is -0.273. The van der Waals surface area contributed by atoms with Crippen LogP contribution in [-0.4, -0.2) is 39.0 Å². The van der Waals surface area contributed by atoms with Crippen LogP contribution in [0.2, 0.25) is 0 Å². The molecule has 1 saturated carbocycles. The summed E-state index contributed by atoms with van der Waals surface area (Å²) < 4.78 is 6.81. The van der Waals surface area contributed by atoms with Gasteiger partial charge in [-0.3, -0.25) is 9.48 Å². The van der Waals surface area contributed by atoms with Crippen molar-refractivity contribution < 1.29 is 14.6 Å². The highest BCUT2D eigenvalue weighted by atomic mass is 16.5. The monoisotopic (exact) mass is 330 g/mol. The molecule has 1 unspecified atom stereocenters. The van der Waals surface area contributed by atoms with Crippen molar-refractivity contribution in [3.05, 3.63) is 42.4 Å². The van der Waals surface area contributed by atoms with E-state index in [1.54, 1.807) is 30.3 Å². The first-order valence-electron chi connectivity index (χ1n) is 8.10. The molecule has 2 heterocycles. The van der Waals surface area contributed by atoms with E-state index in [1.165, 1.54) is 0 Å². The minimum absolute atomic E-state index is 0.0345. The summed E-state index contributed by atoms with van der Waals surface area (Å²) in [5.74, 6) is 0.729. The predicted octanol–water partition coefficient (Wildman–Crippen LogP) is 1.31. The molecule has 0 aliphatic heterocycles. The Bertz CT molecular complexity index is 651. The van der Waals surface area contributed by atoms with Crippen LogP contribution in [0.1, 0.15) is 30.9 Å². The van der Waals surface area contributed by atoms with Crippen molar-refractivity contribution in [2.24, 2.45) is 5.92 Å². The van der Waals surface area contributed by atoms with Crippen LogP contribution in [0, 0.1) is 5.92 Å². The molecule has 1 fully saturated rings. The van der Waals surface area contributed by atoms with E-state index in [2.05, 4.69) is 15.4 Å². The summed E-state index contributed by atoms with van der Waals surface area (Å²) in [7, 11) is 1.57. The number of nitrogens with one attached hydrogen (secondary N) is 1. The van der Waals surface area contributed by atoms with Gasteiger partial charge >= 0.3 is 0 Å². The molecule has 0 spiro atoms. The van der Waals surface area contributed by atoms with Crippen LogP contribution in [0.5, 0.6) is 5.88 Å². The van der Waals surface area contributed by atoms with E-state index >= 15 is 0 Å². The van der Waals surface area contributed by atoms with Gasteiger partial charge in [-0.1, -0.05) is 6.07 Å². The standard InChI is InChI=1S/C17H22N4O3/c1-24-16-4-3-12(11-18-16)17(13-9-14(22)10-13)20-15(23)5-8-21-7-2-6-19-21/h2-4,6-7,11,13-14,17,22H,5,8-10H2,1H3,(H,20,23). The van der Waals surface area contributed by atoms with Crippen LogP contribution in [0.4, 0.5) is 0 Å². The number of hydrogen-bond acceptors (Lipinski definition) is 5. The highest BCUT2D eigenvalue weighted by Gasteiger charge is 2.35. The Morgan fingerprint density at radius 2 is 2.33 bits per heavy atom. The van der Waals surface area contributed by atoms with E-state index < -0.39 is 0 Å². The van der Waals surface area contributed by atoms with E-state index in [-0.39, 0.29) is 24.0 Å². The third-order valence-electron chi connectivity index (χ3n) is 4.39. The fourth-order valence-electron chi connectivity index (χ4n) is 2.97. The van der Waals surface area contributed by atoms with Gasteiger partial charge in [-0.15, -0.1) is 0 Å². The number of amides is 1. The van der Waals surface area contributed by atoms with Gasteiger partial charge < -0.3 is 15.2 Å². The van der Waals surface area contributed by atoms with Gasteiger partial charge in [-0.05, 0) is 30.4 Å². The predicted molar refractivity (Wildman–Crippen MR) is 87.2 cm³/mol. The Labute approximate surface area is 140 Å². The smallest absolute Gasteiger partial charge is 0.222 e. The third kappa shape index (κ3) is 3.91. The lowest BCUT2D eigenvalue weighted by Gasteiger charge is -2.38. The van der Waals surface area contributed by atoms with Gasteiger partial charge in [0, 0.05) is 37.6 Å². The van der Waals surface area contributed by atoms with Crippen LogP contribution < -0.4 is 10.1 Å². The molecule has 1 amide bonds. The molecule has 0 aromatic carbocycles. The molecule has 7 nitrogen and oxygen atoms in total. The van der Waals surface area contributed by atoms with Crippen LogP contribution >= 0.6 is 0 Å². The molecule has 0 saturated heterocycles. The summed E-state index contributed by atoms with van der Waals surface area (Å²) in [6, 6.07) is 5.39. The number of aliphatic hydroxyl groups excluding tert-OH is 1. The fraction of sp³-hybridized carbons (Fsp3) is 0.471. The Kier molecular flexibility index (Phi) is 5.10. The second-order valence-electron chi connectivity index (χ2n) is 6.08. The lowest BCUT2D eigenvalue weighted by Crippen LogP contribution is -2.41. The number of pyridine rings is 1. The fourth-order valence-corrected chi connectivity index (χ4v) is 2.97. The number of carbonyl (C=O) groups is 1. The molecule has 1 atom stereocenters. The normalized spacial score (nSPS) is 20.9. The second-order valence-corrected chi connectivity index (χ2v) is 6.08. The zero-order valence-electron chi connectivity index (χ0n) is 13.6. The maximum Gasteiger partial charge on any atom is 0.222 e. The molecule has 128 valence electrons. The average molecular weight is 330 g/mol. The summed E-state index contributed by atoms with van der Waals surface area (Å²) in [6.07, 6.45) is 6.72. The zero-order chi connectivity index (χ0) is 16.9. The van der Waals surface area contributed by atoms with Gasteiger partial charge in [0.25, 0.3) is 0 Å². The van der Waals surface area contributed by atoms with Gasteiger partial charge in [0.2, 0.25) is 11.8 Å². The molecule has 3 rings (SSSR count). The first-order chi connectivity index (χ1) is 11.7. The molecule has 24 heavy (non-hydrogen) atoms. The van der Waals surface area contributed by atoms with Crippen molar-refractivity contribution in [3.63, 3.8) is 0 Å². The van der Waals surface area contributed by atoms with Crippen LogP contribution in [0.25, 0.3) is 0 Å². The largest absolute Gasteiger partial charge is 0.481 e. The van der Waals surface area contributed by atoms with Gasteiger partial charge in [-0.25, -0.2) is 4.98 Å². The Hall–Kier alpha value is -2.41. The van der Waals surface area contributed by atoms with E-state index in [9.17, 15) is 9.90 Å². The highest BCUT2D eigenvalue weighted by Crippen LogP contribution is 2.38. The molecule has 0 bridgehead atoms. The van der Waals surface area contributed by atoms with Crippen LogP contribution in [-0.2, 0) is 11.3 Å². The molecule has 0 radical (unpaired) electrons. The van der Waals surface area contributed by atoms with Crippen molar-refractivity contribution in [3.8, 4) is 5.88 Å². The highest BCUT2D eigenvalue weighted by molar-refractivity contribution is 5.76. The average Bonchev–Trinajstić information content (AvgIpc) is 3.09. The maximum absolute atomic E-state index is 12.3. The molecule has 2 aromatic rings. The second kappa shape index (κ2) is 7.44. The van der Waals surface area contributed by atoms with E-state index in [1.807, 2.05) is 18.3 Å². The van der Waals surface area contributed by atoms with Crippen LogP contribution in [0.15, 0.2) is 36.8 Å². The summed E-state index contributed by atoms with van der Waals surface area (Å²) in [4.78, 5) is 16.5. The van der Waals surface area contributed by atoms with Gasteiger partial charge in [0.1, 0.15) is 0 Å². The van der Waals surface area contributed by atoms with Crippen molar-refractivity contribution >= 4 is 5.91 Å². The van der Waals surface area contributed by atoms with Crippen molar-refractivity contribution in [2.45, 2.75) is 38.0 Å². The number of aliphatic hydroxyl groups is 1. The SMILES string of the molecule is COc1ccc(C(NC(=O)CCn2cccn2)C2CC(O)C2)cn1. The maximum atomic E-state index is 12.3. The Morgan fingerprint density at radius 3 is 2.92 bits per heavy atom. The number of hydrogen-bond donors (Lipinski definition) is 2. The minimum Gasteiger partial charge on any atom is -0.481 e. The lowest BCUT2D eigenvalue weighted by atomic mass is 9.75. The number of aryl methyl sites for hydroxylation is 1. The van der Waals surface area contributed by atoms with Gasteiger partial charge in [0.05, 0.1) is 19.3 Å². The topological polar surface area (TPSA) is 89.3 Å². The number of nitrogens with zero attached hydrogens (tertiary/aromatic N) is 3. The lowest BCUT2D eigenvalue weighted by molar-refractivity contribution is -0.123. The number of aromatic nitrogens is 3. The van der Waals surface area contributed by atoms with Crippen molar-refractivity contribution in [2.75, 3.05) is 7.11 Å². The molecule has 1 aliphatic rings. The Balaban J connectivity index is 1.64. The number of carbonyl (C=O) groups excluding carboxylic acids is 1. The zero-order valence-corrected chi connectivity index (χ0v) is 13.6. The molecule has 2 N–H and O–H groups in total. The number of rotatable bonds is 7. The number of ether oxygens (including phenoxy) is 1. The molecular formula is C17H22N4O3. The third-order valence-corrected chi connectivity index (χ3v) is 4.39. The van der Waals surface area contributed by atoms with Crippen LogP contribution in [0.3, 0.4) is 0 Å². The first kappa shape index (κ1) is 16.4. The molecular weight excluding hydrogens is 308 g/mol.